The number of quaternary nitrogens is 1. The molecule has 4 N–H and O–H groups in total. The summed E-state index contributed by atoms with van der Waals surface area (Å²) in [7, 11) is 6.14. The Balaban J connectivity index is 1.58. The second kappa shape index (κ2) is 10.1. The summed E-state index contributed by atoms with van der Waals surface area (Å²) in [5.41, 5.74) is 2.71. The summed E-state index contributed by atoms with van der Waals surface area (Å²) in [5.74, 6) is -1.70. The van der Waals surface area contributed by atoms with Crippen molar-refractivity contribution in [3.8, 4) is 0 Å². The van der Waals surface area contributed by atoms with Crippen molar-refractivity contribution in [2.45, 2.75) is 31.7 Å². The van der Waals surface area contributed by atoms with E-state index in [1.54, 1.807) is 0 Å². The molecular weight excluding hydrogens is 456 g/mol. The number of carbonyl (C=O) groups excluding carboxylic acids is 2. The van der Waals surface area contributed by atoms with E-state index in [0.717, 1.165) is 34.1 Å². The number of H-pyrrole nitrogens is 1. The Morgan fingerprint density at radius 2 is 1.67 bits per heavy atom. The van der Waals surface area contributed by atoms with Gasteiger partial charge in [-0.1, -0.05) is 42.5 Å². The number of amides is 2. The van der Waals surface area contributed by atoms with E-state index in [4.69, 9.17) is 0 Å². The summed E-state index contributed by atoms with van der Waals surface area (Å²) in [6.45, 7) is 1.20. The number of aromatic nitrogens is 1. The highest BCUT2D eigenvalue weighted by atomic mass is 16.4. The zero-order valence-electron chi connectivity index (χ0n) is 21.1. The van der Waals surface area contributed by atoms with Crippen molar-refractivity contribution in [3.63, 3.8) is 0 Å². The standard InChI is InChI=1S/C28H34N4O4/c1-32(2,3)13-12-29-26(35)24(14-21-18-30-23-11-7-6-10-22(21)23)31-27(36)28(17-25(33)34)15-19-8-4-5-9-20(19)16-28/h4-11,18,24,30H,12-17H2,1-3H3,(H2-,29,31,33,34,35,36)/p+1/t24-/m0/s1. The highest BCUT2D eigenvalue weighted by Gasteiger charge is 2.46. The molecule has 0 saturated carbocycles. The molecule has 2 amide bonds. The lowest BCUT2D eigenvalue weighted by molar-refractivity contribution is -0.869. The predicted octanol–water partition coefficient (Wildman–Crippen LogP) is 2.28. The van der Waals surface area contributed by atoms with Crippen LogP contribution in [0.25, 0.3) is 10.9 Å². The molecule has 2 aromatic carbocycles. The fraction of sp³-hybridized carbons (Fsp3) is 0.393. The molecule has 0 unspecified atom stereocenters. The van der Waals surface area contributed by atoms with Gasteiger partial charge in [0.25, 0.3) is 0 Å². The molecule has 4 rings (SSSR count). The maximum absolute atomic E-state index is 13.7. The smallest absolute Gasteiger partial charge is 0.304 e. The topological polar surface area (TPSA) is 111 Å². The first-order valence-electron chi connectivity index (χ1n) is 12.3. The zero-order valence-corrected chi connectivity index (χ0v) is 21.1. The Morgan fingerprint density at radius 3 is 2.31 bits per heavy atom. The van der Waals surface area contributed by atoms with Crippen molar-refractivity contribution in [2.24, 2.45) is 5.41 Å². The Morgan fingerprint density at radius 1 is 1.03 bits per heavy atom. The number of aliphatic carboxylic acids is 1. The molecular formula is C28H35N4O4+. The monoisotopic (exact) mass is 491 g/mol. The van der Waals surface area contributed by atoms with Crippen molar-refractivity contribution >= 4 is 28.7 Å². The summed E-state index contributed by atoms with van der Waals surface area (Å²) in [5, 5.41) is 16.6. The van der Waals surface area contributed by atoms with Gasteiger partial charge in [0.05, 0.1) is 46.1 Å². The second-order valence-corrected chi connectivity index (χ2v) is 10.9. The molecule has 190 valence electrons. The van der Waals surface area contributed by atoms with Crippen molar-refractivity contribution in [3.05, 3.63) is 71.4 Å². The second-order valence-electron chi connectivity index (χ2n) is 10.9. The van der Waals surface area contributed by atoms with Crippen LogP contribution < -0.4 is 10.6 Å². The minimum absolute atomic E-state index is 0.275. The van der Waals surface area contributed by atoms with Crippen LogP contribution in [0.15, 0.2) is 54.7 Å². The van der Waals surface area contributed by atoms with Crippen LogP contribution in [0.4, 0.5) is 0 Å². The Labute approximate surface area is 211 Å². The summed E-state index contributed by atoms with van der Waals surface area (Å²) < 4.78 is 0.694. The molecule has 8 heteroatoms. The number of para-hydroxylation sites is 1. The first kappa shape index (κ1) is 25.4. The van der Waals surface area contributed by atoms with Crippen LogP contribution in [-0.4, -0.2) is 72.6 Å². The van der Waals surface area contributed by atoms with Crippen LogP contribution >= 0.6 is 0 Å². The number of carbonyl (C=O) groups is 3. The van der Waals surface area contributed by atoms with Gasteiger partial charge in [0.1, 0.15) is 6.04 Å². The van der Waals surface area contributed by atoms with Crippen LogP contribution in [0, 0.1) is 5.41 Å². The number of hydrogen-bond donors (Lipinski definition) is 4. The van der Waals surface area contributed by atoms with E-state index in [0.29, 0.717) is 30.3 Å². The van der Waals surface area contributed by atoms with Gasteiger partial charge in [0, 0.05) is 23.5 Å². The zero-order chi connectivity index (χ0) is 25.9. The Bertz CT molecular complexity index is 1250. The molecule has 0 saturated heterocycles. The third-order valence-corrected chi connectivity index (χ3v) is 6.95. The number of benzene rings is 2. The predicted molar refractivity (Wildman–Crippen MR) is 138 cm³/mol. The van der Waals surface area contributed by atoms with E-state index in [-0.39, 0.29) is 12.3 Å². The fourth-order valence-electron chi connectivity index (χ4n) is 5.03. The van der Waals surface area contributed by atoms with Crippen molar-refractivity contribution in [1.29, 1.82) is 0 Å². The van der Waals surface area contributed by atoms with Crippen LogP contribution in [-0.2, 0) is 33.6 Å². The van der Waals surface area contributed by atoms with Gasteiger partial charge in [-0.05, 0) is 35.6 Å². The Hall–Kier alpha value is -3.65. The maximum Gasteiger partial charge on any atom is 0.304 e. The number of carboxylic acid groups (broad SMARTS) is 1. The van der Waals surface area contributed by atoms with Crippen molar-refractivity contribution in [1.82, 2.24) is 15.6 Å². The molecule has 0 bridgehead atoms. The normalized spacial score (nSPS) is 15.3. The average molecular weight is 492 g/mol. The van der Waals surface area contributed by atoms with E-state index >= 15 is 0 Å². The fourth-order valence-corrected chi connectivity index (χ4v) is 5.03. The van der Waals surface area contributed by atoms with Gasteiger partial charge in [0.15, 0.2) is 0 Å². The van der Waals surface area contributed by atoms with E-state index in [9.17, 15) is 19.5 Å². The average Bonchev–Trinajstić information content (AvgIpc) is 3.39. The lowest BCUT2D eigenvalue weighted by Crippen LogP contribution is -2.54. The molecule has 1 heterocycles. The molecule has 1 aliphatic rings. The van der Waals surface area contributed by atoms with Gasteiger partial charge in [0.2, 0.25) is 11.8 Å². The van der Waals surface area contributed by atoms with Crippen LogP contribution in [0.2, 0.25) is 0 Å². The van der Waals surface area contributed by atoms with Gasteiger partial charge in [-0.15, -0.1) is 0 Å². The SMILES string of the molecule is C[N+](C)(C)CCNC(=O)[C@H](Cc1c[nH]c2ccccc12)NC(=O)C1(CC(=O)O)Cc2ccccc2C1. The summed E-state index contributed by atoms with van der Waals surface area (Å²) in [6, 6.07) is 14.7. The number of likely N-dealkylation sites (N-methyl/N-ethyl adjacent to an activating group) is 1. The maximum atomic E-state index is 13.7. The number of fused-ring (bicyclic) bond motifs is 2. The molecule has 1 aromatic heterocycles. The number of nitrogens with one attached hydrogen (secondary N) is 3. The lowest BCUT2D eigenvalue weighted by atomic mass is 9.80. The minimum atomic E-state index is -1.13. The number of hydrogen-bond acceptors (Lipinski definition) is 3. The van der Waals surface area contributed by atoms with Crippen LogP contribution in [0.3, 0.4) is 0 Å². The van der Waals surface area contributed by atoms with Gasteiger partial charge in [-0.25, -0.2) is 0 Å². The summed E-state index contributed by atoms with van der Waals surface area (Å²) in [4.78, 5) is 42.1. The molecule has 0 radical (unpaired) electrons. The van der Waals surface area contributed by atoms with E-state index in [2.05, 4.69) is 15.6 Å². The first-order valence-corrected chi connectivity index (χ1v) is 12.3. The van der Waals surface area contributed by atoms with Crippen molar-refractivity contribution in [2.75, 3.05) is 34.2 Å². The van der Waals surface area contributed by atoms with Crippen LogP contribution in [0.1, 0.15) is 23.1 Å². The highest BCUT2D eigenvalue weighted by Crippen LogP contribution is 2.40. The summed E-state index contributed by atoms with van der Waals surface area (Å²) >= 11 is 0. The van der Waals surface area contributed by atoms with Gasteiger partial charge < -0.3 is 25.2 Å². The summed E-state index contributed by atoms with van der Waals surface area (Å²) in [6.07, 6.45) is 2.54. The van der Waals surface area contributed by atoms with Crippen LogP contribution in [0.5, 0.6) is 0 Å². The third-order valence-electron chi connectivity index (χ3n) is 6.95. The quantitative estimate of drug-likeness (QED) is 0.326. The van der Waals surface area contributed by atoms with Gasteiger partial charge >= 0.3 is 5.97 Å². The largest absolute Gasteiger partial charge is 0.481 e. The molecule has 0 aliphatic heterocycles. The number of rotatable bonds is 10. The van der Waals surface area contributed by atoms with Gasteiger partial charge in [-0.2, -0.15) is 0 Å². The number of aromatic amines is 1. The molecule has 0 spiro atoms. The minimum Gasteiger partial charge on any atom is -0.481 e. The number of nitrogens with zero attached hydrogens (tertiary/aromatic N) is 1. The first-order chi connectivity index (χ1) is 17.1. The molecule has 0 fully saturated rings. The molecule has 36 heavy (non-hydrogen) atoms. The number of carboxylic acids is 1. The molecule has 8 nitrogen and oxygen atoms in total. The third kappa shape index (κ3) is 5.76. The lowest BCUT2D eigenvalue weighted by Gasteiger charge is -2.29. The van der Waals surface area contributed by atoms with Gasteiger partial charge in [-0.3, -0.25) is 14.4 Å². The van der Waals surface area contributed by atoms with E-state index in [1.807, 2.05) is 75.9 Å². The van der Waals surface area contributed by atoms with E-state index < -0.39 is 23.3 Å². The molecule has 3 aromatic rings. The van der Waals surface area contributed by atoms with Crippen molar-refractivity contribution < 1.29 is 24.0 Å². The molecule has 1 atom stereocenters. The molecule has 1 aliphatic carbocycles. The highest BCUT2D eigenvalue weighted by molar-refractivity contribution is 5.93. The van der Waals surface area contributed by atoms with E-state index in [1.165, 1.54) is 0 Å². The Kier molecular flexibility index (Phi) is 7.17.